The fraction of sp³-hybridized carbons (Fsp3) is 0.300. The minimum Gasteiger partial charge on any atom is -0.497 e. The molecule has 0 bridgehead atoms. The fourth-order valence-electron chi connectivity index (χ4n) is 3.64. The zero-order valence-electron chi connectivity index (χ0n) is 15.5. The van der Waals surface area contributed by atoms with Crippen LogP contribution in [0.4, 0.5) is 17.3 Å². The van der Waals surface area contributed by atoms with Crippen LogP contribution < -0.4 is 19.9 Å². The molecular formula is C20H23N5O2. The fourth-order valence-corrected chi connectivity index (χ4v) is 3.64. The van der Waals surface area contributed by atoms with E-state index < -0.39 is 0 Å². The van der Waals surface area contributed by atoms with Crippen molar-refractivity contribution in [1.82, 2.24) is 9.97 Å². The molecule has 1 unspecified atom stereocenters. The Labute approximate surface area is 157 Å². The van der Waals surface area contributed by atoms with Gasteiger partial charge in [0, 0.05) is 43.8 Å². The highest BCUT2D eigenvalue weighted by Crippen LogP contribution is 2.29. The van der Waals surface area contributed by atoms with Crippen LogP contribution in [0.15, 0.2) is 42.6 Å². The number of methoxy groups -OCH3 is 1. The summed E-state index contributed by atoms with van der Waals surface area (Å²) in [6, 6.07) is 11.6. The van der Waals surface area contributed by atoms with Crippen LogP contribution in [0.3, 0.4) is 0 Å². The molecule has 0 aliphatic carbocycles. The van der Waals surface area contributed by atoms with Gasteiger partial charge in [0.15, 0.2) is 5.82 Å². The van der Waals surface area contributed by atoms with Crippen LogP contribution in [0.2, 0.25) is 0 Å². The number of hydrogen-bond acceptors (Lipinski definition) is 6. The Balaban J connectivity index is 1.60. The Hall–Kier alpha value is -3.22. The van der Waals surface area contributed by atoms with E-state index in [0.717, 1.165) is 53.4 Å². The second-order valence-electron chi connectivity index (χ2n) is 6.58. The number of ether oxygens (including phenoxy) is 1. The number of pyridine rings is 1. The summed E-state index contributed by atoms with van der Waals surface area (Å²) in [4.78, 5) is 24.1. The number of hydrogen-bond donors (Lipinski definition) is 2. The third-order valence-corrected chi connectivity index (χ3v) is 5.05. The molecule has 7 heteroatoms. The molecule has 7 nitrogen and oxygen atoms in total. The predicted molar refractivity (Wildman–Crippen MR) is 108 cm³/mol. The standard InChI is InChI=1S/C20H23N5O2/c1-21-18-4-3-7-22-20(18)24-8-9-25(15(12-24)13-26)19-11-14-10-16(27-2)5-6-17(14)23-19/h3-7,10-11,13,15,21,23H,8-9,12H2,1-2H3. The molecule has 1 aliphatic heterocycles. The highest BCUT2D eigenvalue weighted by atomic mass is 16.5. The van der Waals surface area contributed by atoms with Gasteiger partial charge < -0.3 is 29.6 Å². The van der Waals surface area contributed by atoms with Crippen LogP contribution in [0.1, 0.15) is 0 Å². The summed E-state index contributed by atoms with van der Waals surface area (Å²) in [5, 5.41) is 4.24. The Morgan fingerprint density at radius 3 is 2.96 bits per heavy atom. The van der Waals surface area contributed by atoms with Gasteiger partial charge in [0.2, 0.25) is 0 Å². The molecule has 0 radical (unpaired) electrons. The zero-order chi connectivity index (χ0) is 18.8. The van der Waals surface area contributed by atoms with Crippen molar-refractivity contribution in [1.29, 1.82) is 0 Å². The van der Waals surface area contributed by atoms with Gasteiger partial charge in [-0.15, -0.1) is 0 Å². The molecule has 4 rings (SSSR count). The number of fused-ring (bicyclic) bond motifs is 1. The van der Waals surface area contributed by atoms with Crippen LogP contribution in [0.5, 0.6) is 5.75 Å². The number of carbonyl (C=O) groups excluding carboxylic acids is 1. The van der Waals surface area contributed by atoms with Crippen LogP contribution in [-0.4, -0.2) is 56.1 Å². The number of rotatable bonds is 5. The minimum atomic E-state index is -0.250. The third kappa shape index (κ3) is 3.16. The lowest BCUT2D eigenvalue weighted by Gasteiger charge is -2.40. The predicted octanol–water partition coefficient (Wildman–Crippen LogP) is 2.51. The highest BCUT2D eigenvalue weighted by Gasteiger charge is 2.29. The lowest BCUT2D eigenvalue weighted by Crippen LogP contribution is -2.54. The minimum absolute atomic E-state index is 0.250. The maximum atomic E-state index is 11.9. The van der Waals surface area contributed by atoms with Crippen LogP contribution in [0.25, 0.3) is 10.9 Å². The van der Waals surface area contributed by atoms with Crippen molar-refractivity contribution < 1.29 is 9.53 Å². The molecule has 2 N–H and O–H groups in total. The van der Waals surface area contributed by atoms with Gasteiger partial charge in [-0.1, -0.05) is 0 Å². The van der Waals surface area contributed by atoms with E-state index >= 15 is 0 Å². The molecular weight excluding hydrogens is 342 g/mol. The van der Waals surface area contributed by atoms with E-state index in [1.165, 1.54) is 0 Å². The average molecular weight is 365 g/mol. The quantitative estimate of drug-likeness (QED) is 0.677. The Morgan fingerprint density at radius 1 is 1.30 bits per heavy atom. The summed E-state index contributed by atoms with van der Waals surface area (Å²) in [6.45, 7) is 2.11. The van der Waals surface area contributed by atoms with Gasteiger partial charge in [-0.2, -0.15) is 0 Å². The summed E-state index contributed by atoms with van der Waals surface area (Å²) in [5.41, 5.74) is 1.99. The van der Waals surface area contributed by atoms with E-state index in [1.54, 1.807) is 13.3 Å². The van der Waals surface area contributed by atoms with Crippen molar-refractivity contribution in [3.8, 4) is 5.75 Å². The molecule has 0 saturated carbocycles. The number of aldehydes is 1. The van der Waals surface area contributed by atoms with Crippen molar-refractivity contribution in [3.63, 3.8) is 0 Å². The number of nitrogens with zero attached hydrogens (tertiary/aromatic N) is 3. The summed E-state index contributed by atoms with van der Waals surface area (Å²) in [5.74, 6) is 2.65. The Kier molecular flexibility index (Phi) is 4.58. The Morgan fingerprint density at radius 2 is 2.19 bits per heavy atom. The molecule has 0 spiro atoms. The van der Waals surface area contributed by atoms with Crippen molar-refractivity contribution in [2.45, 2.75) is 6.04 Å². The molecule has 27 heavy (non-hydrogen) atoms. The van der Waals surface area contributed by atoms with Gasteiger partial charge in [-0.05, 0) is 36.4 Å². The second-order valence-corrected chi connectivity index (χ2v) is 6.58. The van der Waals surface area contributed by atoms with E-state index in [9.17, 15) is 4.79 Å². The van der Waals surface area contributed by atoms with Gasteiger partial charge in [-0.25, -0.2) is 4.98 Å². The first-order valence-corrected chi connectivity index (χ1v) is 9.00. The number of nitrogens with one attached hydrogen (secondary N) is 2. The average Bonchev–Trinajstić information content (AvgIpc) is 3.16. The number of aromatic nitrogens is 2. The maximum Gasteiger partial charge on any atom is 0.152 e. The lowest BCUT2D eigenvalue weighted by molar-refractivity contribution is -0.109. The van der Waals surface area contributed by atoms with Crippen molar-refractivity contribution >= 4 is 34.5 Å². The normalized spacial score (nSPS) is 17.2. The smallest absolute Gasteiger partial charge is 0.152 e. The van der Waals surface area contributed by atoms with E-state index in [0.29, 0.717) is 6.54 Å². The Bertz CT molecular complexity index is 954. The van der Waals surface area contributed by atoms with Crippen molar-refractivity contribution in [3.05, 3.63) is 42.6 Å². The van der Waals surface area contributed by atoms with Crippen molar-refractivity contribution in [2.75, 3.05) is 48.9 Å². The van der Waals surface area contributed by atoms with E-state index in [4.69, 9.17) is 4.74 Å². The molecule has 0 amide bonds. The molecule has 3 heterocycles. The largest absolute Gasteiger partial charge is 0.497 e. The third-order valence-electron chi connectivity index (χ3n) is 5.05. The first kappa shape index (κ1) is 17.2. The maximum absolute atomic E-state index is 11.9. The lowest BCUT2D eigenvalue weighted by atomic mass is 10.1. The van der Waals surface area contributed by atoms with Crippen LogP contribution in [0, 0.1) is 0 Å². The number of benzene rings is 1. The number of carbonyl (C=O) groups is 1. The van der Waals surface area contributed by atoms with Crippen LogP contribution in [-0.2, 0) is 4.79 Å². The summed E-state index contributed by atoms with van der Waals surface area (Å²) >= 11 is 0. The summed E-state index contributed by atoms with van der Waals surface area (Å²) in [6.07, 6.45) is 2.80. The number of anilines is 3. The number of piperazine rings is 1. The highest BCUT2D eigenvalue weighted by molar-refractivity contribution is 5.86. The van der Waals surface area contributed by atoms with E-state index in [2.05, 4.69) is 31.2 Å². The van der Waals surface area contributed by atoms with Gasteiger partial charge in [-0.3, -0.25) is 0 Å². The van der Waals surface area contributed by atoms with Gasteiger partial charge in [0.25, 0.3) is 0 Å². The first-order chi connectivity index (χ1) is 13.2. The monoisotopic (exact) mass is 365 g/mol. The molecule has 1 saturated heterocycles. The number of aromatic amines is 1. The summed E-state index contributed by atoms with van der Waals surface area (Å²) in [7, 11) is 3.54. The molecule has 1 fully saturated rings. The molecule has 140 valence electrons. The van der Waals surface area contributed by atoms with E-state index in [-0.39, 0.29) is 6.04 Å². The van der Waals surface area contributed by atoms with Crippen LogP contribution >= 0.6 is 0 Å². The molecule has 3 aromatic rings. The van der Waals surface area contributed by atoms with Crippen molar-refractivity contribution in [2.24, 2.45) is 0 Å². The molecule has 1 aromatic carbocycles. The van der Waals surface area contributed by atoms with Gasteiger partial charge >= 0.3 is 0 Å². The van der Waals surface area contributed by atoms with Gasteiger partial charge in [0.1, 0.15) is 23.9 Å². The summed E-state index contributed by atoms with van der Waals surface area (Å²) < 4.78 is 5.30. The SMILES string of the molecule is CNc1cccnc1N1CCN(c2cc3cc(OC)ccc3[nH]2)C(C=O)C1. The number of H-pyrrole nitrogens is 1. The topological polar surface area (TPSA) is 73.5 Å². The second kappa shape index (κ2) is 7.19. The molecule has 1 aliphatic rings. The van der Waals surface area contributed by atoms with E-state index in [1.807, 2.05) is 37.4 Å². The molecule has 1 atom stereocenters. The molecule has 2 aromatic heterocycles. The van der Waals surface area contributed by atoms with Gasteiger partial charge in [0.05, 0.1) is 12.8 Å². The first-order valence-electron chi connectivity index (χ1n) is 9.00. The zero-order valence-corrected chi connectivity index (χ0v) is 15.5.